The van der Waals surface area contributed by atoms with Gasteiger partial charge in [-0.25, -0.2) is 0 Å². The van der Waals surface area contributed by atoms with Crippen LogP contribution in [0.4, 0.5) is 0 Å². The average molecular weight is 354 g/mol. The van der Waals surface area contributed by atoms with Crippen LogP contribution in [0.3, 0.4) is 0 Å². The topological polar surface area (TPSA) is 73.9 Å². The van der Waals surface area contributed by atoms with Crippen molar-refractivity contribution in [3.05, 3.63) is 53.6 Å². The maximum atomic E-state index is 10.4. The minimum atomic E-state index is -0.722. The second kappa shape index (κ2) is 9.37. The fourth-order valence-electron chi connectivity index (χ4n) is 2.50. The summed E-state index contributed by atoms with van der Waals surface area (Å²) >= 11 is 0. The van der Waals surface area contributed by atoms with Gasteiger partial charge in [0.25, 0.3) is 0 Å². The van der Waals surface area contributed by atoms with Gasteiger partial charge in [0, 0.05) is 6.42 Å². The summed E-state index contributed by atoms with van der Waals surface area (Å²) in [7, 11) is 4.64. The monoisotopic (exact) mass is 353 g/mol. The summed E-state index contributed by atoms with van der Waals surface area (Å²) in [6.45, 7) is 0. The van der Waals surface area contributed by atoms with Gasteiger partial charge in [0.1, 0.15) is 0 Å². The lowest BCUT2D eigenvalue weighted by Gasteiger charge is -2.22. The van der Waals surface area contributed by atoms with E-state index < -0.39 is 12.1 Å². The lowest BCUT2D eigenvalue weighted by Crippen LogP contribution is -2.28. The van der Waals surface area contributed by atoms with Crippen molar-refractivity contribution in [3.63, 3.8) is 0 Å². The number of rotatable bonds is 7. The molecule has 0 amide bonds. The molecule has 0 radical (unpaired) electrons. The van der Waals surface area contributed by atoms with E-state index in [9.17, 15) is 5.11 Å². The quantitative estimate of drug-likeness (QED) is 0.800. The largest absolute Gasteiger partial charge is 0.493 e. The van der Waals surface area contributed by atoms with Crippen LogP contribution in [-0.2, 0) is 6.42 Å². The third-order valence-corrected chi connectivity index (χ3v) is 3.77. The van der Waals surface area contributed by atoms with Crippen LogP contribution >= 0.6 is 12.4 Å². The molecule has 6 heteroatoms. The lowest BCUT2D eigenvalue weighted by atomic mass is 9.96. The Bertz CT molecular complexity index is 611. The molecule has 0 aliphatic heterocycles. The molecule has 0 spiro atoms. The van der Waals surface area contributed by atoms with Crippen molar-refractivity contribution >= 4 is 12.4 Å². The van der Waals surface area contributed by atoms with E-state index >= 15 is 0 Å². The van der Waals surface area contributed by atoms with Gasteiger partial charge in [-0.15, -0.1) is 12.4 Å². The van der Waals surface area contributed by atoms with Crippen LogP contribution in [0.25, 0.3) is 0 Å². The number of benzene rings is 2. The van der Waals surface area contributed by atoms with E-state index in [4.69, 9.17) is 19.9 Å². The van der Waals surface area contributed by atoms with Gasteiger partial charge in [0.05, 0.1) is 33.5 Å². The number of methoxy groups -OCH3 is 3. The third-order valence-electron chi connectivity index (χ3n) is 3.77. The lowest BCUT2D eigenvalue weighted by molar-refractivity contribution is 0.145. The highest BCUT2D eigenvalue weighted by Crippen LogP contribution is 2.39. The second-order valence-corrected chi connectivity index (χ2v) is 5.24. The summed E-state index contributed by atoms with van der Waals surface area (Å²) in [5.74, 6) is 1.54. The first-order valence-electron chi connectivity index (χ1n) is 7.38. The van der Waals surface area contributed by atoms with Gasteiger partial charge in [-0.3, -0.25) is 0 Å². The van der Waals surface area contributed by atoms with Gasteiger partial charge >= 0.3 is 0 Å². The molecule has 2 aromatic carbocycles. The van der Waals surface area contributed by atoms with Gasteiger partial charge in [-0.05, 0) is 23.3 Å². The molecular weight excluding hydrogens is 330 g/mol. The van der Waals surface area contributed by atoms with Gasteiger partial charge in [0.2, 0.25) is 5.75 Å². The smallest absolute Gasteiger partial charge is 0.203 e. The first-order valence-corrected chi connectivity index (χ1v) is 7.38. The molecule has 0 bridgehead atoms. The first kappa shape index (κ1) is 20.1. The molecular formula is C18H24ClNO4. The molecule has 0 aromatic heterocycles. The molecule has 24 heavy (non-hydrogen) atoms. The molecule has 132 valence electrons. The van der Waals surface area contributed by atoms with Crippen molar-refractivity contribution in [2.45, 2.75) is 18.6 Å². The van der Waals surface area contributed by atoms with E-state index in [1.807, 2.05) is 30.3 Å². The third kappa shape index (κ3) is 4.54. The Morgan fingerprint density at radius 1 is 0.958 bits per heavy atom. The summed E-state index contributed by atoms with van der Waals surface area (Å²) in [4.78, 5) is 0. The van der Waals surface area contributed by atoms with Crippen molar-refractivity contribution in [1.82, 2.24) is 0 Å². The number of hydrogen-bond donors (Lipinski definition) is 2. The van der Waals surface area contributed by atoms with Crippen molar-refractivity contribution < 1.29 is 19.3 Å². The van der Waals surface area contributed by atoms with E-state index in [1.54, 1.807) is 33.5 Å². The molecule has 0 aliphatic rings. The predicted octanol–water partition coefficient (Wildman–Crippen LogP) is 2.74. The molecule has 2 aromatic rings. The highest BCUT2D eigenvalue weighted by molar-refractivity contribution is 5.85. The summed E-state index contributed by atoms with van der Waals surface area (Å²) in [6.07, 6.45) is -0.251. The van der Waals surface area contributed by atoms with E-state index in [-0.39, 0.29) is 12.4 Å². The van der Waals surface area contributed by atoms with Crippen LogP contribution in [0.1, 0.15) is 17.2 Å². The zero-order chi connectivity index (χ0) is 16.8. The number of ether oxygens (including phenoxy) is 3. The van der Waals surface area contributed by atoms with Crippen molar-refractivity contribution in [2.24, 2.45) is 5.73 Å². The number of hydrogen-bond acceptors (Lipinski definition) is 5. The fourth-order valence-corrected chi connectivity index (χ4v) is 2.50. The van der Waals surface area contributed by atoms with Crippen LogP contribution in [0, 0.1) is 0 Å². The van der Waals surface area contributed by atoms with Crippen LogP contribution < -0.4 is 19.9 Å². The predicted molar refractivity (Wildman–Crippen MR) is 96.4 cm³/mol. The van der Waals surface area contributed by atoms with Crippen LogP contribution in [0.5, 0.6) is 17.2 Å². The summed E-state index contributed by atoms with van der Waals surface area (Å²) < 4.78 is 15.9. The van der Waals surface area contributed by atoms with Crippen molar-refractivity contribution in [2.75, 3.05) is 21.3 Å². The summed E-state index contributed by atoms with van der Waals surface area (Å²) in [6, 6.07) is 12.7. The standard InChI is InChI=1S/C18H23NO4.ClH/c1-21-15-10-13(11-16(22-2)18(15)23-3)17(19)14(20)9-12-7-5-4-6-8-12;/h4-8,10-11,14,17,20H,9,19H2,1-3H3;1H/t14-,17+;/m1./s1. The fraction of sp³-hybridized carbons (Fsp3) is 0.333. The second-order valence-electron chi connectivity index (χ2n) is 5.24. The molecule has 0 fully saturated rings. The summed E-state index contributed by atoms with van der Waals surface area (Å²) in [5, 5.41) is 10.4. The zero-order valence-corrected chi connectivity index (χ0v) is 14.9. The zero-order valence-electron chi connectivity index (χ0n) is 14.1. The van der Waals surface area contributed by atoms with Crippen LogP contribution in [0.2, 0.25) is 0 Å². The maximum absolute atomic E-state index is 10.4. The molecule has 2 rings (SSSR count). The first-order chi connectivity index (χ1) is 11.1. The number of aliphatic hydroxyl groups excluding tert-OH is 1. The van der Waals surface area contributed by atoms with E-state index in [1.165, 1.54) is 0 Å². The molecule has 3 N–H and O–H groups in total. The molecule has 0 saturated heterocycles. The Morgan fingerprint density at radius 3 is 1.96 bits per heavy atom. The van der Waals surface area contributed by atoms with E-state index in [2.05, 4.69) is 0 Å². The Balaban J connectivity index is 0.00000288. The van der Waals surface area contributed by atoms with E-state index in [0.29, 0.717) is 23.7 Å². The normalized spacial score (nSPS) is 12.7. The average Bonchev–Trinajstić information content (AvgIpc) is 2.60. The van der Waals surface area contributed by atoms with Gasteiger partial charge in [-0.1, -0.05) is 30.3 Å². The Labute approximate surface area is 148 Å². The highest BCUT2D eigenvalue weighted by atomic mass is 35.5. The maximum Gasteiger partial charge on any atom is 0.203 e. The molecule has 0 aliphatic carbocycles. The van der Waals surface area contributed by atoms with Gasteiger partial charge < -0.3 is 25.1 Å². The molecule has 0 saturated carbocycles. The van der Waals surface area contributed by atoms with Crippen LogP contribution in [-0.4, -0.2) is 32.5 Å². The number of halogens is 1. The van der Waals surface area contributed by atoms with Gasteiger partial charge in [0.15, 0.2) is 11.5 Å². The summed E-state index contributed by atoms with van der Waals surface area (Å²) in [5.41, 5.74) is 7.98. The Morgan fingerprint density at radius 2 is 1.50 bits per heavy atom. The molecule has 0 heterocycles. The highest BCUT2D eigenvalue weighted by Gasteiger charge is 2.21. The Hall–Kier alpha value is -1.95. The molecule has 5 nitrogen and oxygen atoms in total. The van der Waals surface area contributed by atoms with Crippen LogP contribution in [0.15, 0.2) is 42.5 Å². The molecule has 2 atom stereocenters. The number of aliphatic hydroxyl groups is 1. The number of nitrogens with two attached hydrogens (primary N) is 1. The van der Waals surface area contributed by atoms with Crippen molar-refractivity contribution in [3.8, 4) is 17.2 Å². The van der Waals surface area contributed by atoms with Crippen molar-refractivity contribution in [1.29, 1.82) is 0 Å². The minimum Gasteiger partial charge on any atom is -0.493 e. The molecule has 0 unspecified atom stereocenters. The van der Waals surface area contributed by atoms with Gasteiger partial charge in [-0.2, -0.15) is 0 Å². The Kier molecular flexibility index (Phi) is 7.85. The SMILES string of the molecule is COc1cc([C@H](N)[C@H](O)Cc2ccccc2)cc(OC)c1OC.Cl. The minimum absolute atomic E-state index is 0. The van der Waals surface area contributed by atoms with E-state index in [0.717, 1.165) is 11.1 Å².